The van der Waals surface area contributed by atoms with Crippen molar-refractivity contribution in [2.24, 2.45) is 0 Å². The van der Waals surface area contributed by atoms with E-state index in [1.54, 1.807) is 23.9 Å². The average Bonchev–Trinajstić information content (AvgIpc) is 2.71. The molecule has 0 aliphatic heterocycles. The van der Waals surface area contributed by atoms with Crippen LogP contribution in [0, 0.1) is 20.8 Å². The van der Waals surface area contributed by atoms with Gasteiger partial charge in [0.15, 0.2) is 0 Å². The first-order valence-corrected chi connectivity index (χ1v) is 13.1. The van der Waals surface area contributed by atoms with Crippen LogP contribution in [0.1, 0.15) is 22.3 Å². The Bertz CT molecular complexity index is 1190. The summed E-state index contributed by atoms with van der Waals surface area (Å²) in [5, 5.41) is 2.86. The largest absolute Gasteiger partial charge is 0.324 e. The van der Waals surface area contributed by atoms with Crippen molar-refractivity contribution in [3.05, 3.63) is 89.0 Å². The molecule has 5 nitrogen and oxygen atoms in total. The van der Waals surface area contributed by atoms with Gasteiger partial charge in [-0.3, -0.25) is 9.10 Å². The molecule has 0 saturated carbocycles. The van der Waals surface area contributed by atoms with E-state index in [-0.39, 0.29) is 12.5 Å². The van der Waals surface area contributed by atoms with Gasteiger partial charge in [0.2, 0.25) is 15.9 Å². The molecule has 0 radical (unpaired) electrons. The molecule has 1 amide bonds. The second kappa shape index (κ2) is 10.2. The number of carbonyl (C=O) groups excluding carboxylic acids is 1. The van der Waals surface area contributed by atoms with Crippen molar-refractivity contribution in [3.63, 3.8) is 0 Å². The minimum absolute atomic E-state index is 0.285. The molecule has 0 heterocycles. The molecule has 1 N–H and O–H groups in total. The molecular weight excluding hydrogens is 440 g/mol. The molecule has 3 rings (SSSR count). The van der Waals surface area contributed by atoms with Crippen LogP contribution in [-0.2, 0) is 20.6 Å². The molecule has 0 aromatic heterocycles. The summed E-state index contributed by atoms with van der Waals surface area (Å²) >= 11 is 1.75. The smallest absolute Gasteiger partial charge is 0.245 e. The van der Waals surface area contributed by atoms with Crippen LogP contribution in [0.3, 0.4) is 0 Å². The molecule has 0 aliphatic rings. The number of thioether (sulfide) groups is 1. The maximum absolute atomic E-state index is 12.7. The summed E-state index contributed by atoms with van der Waals surface area (Å²) in [6.07, 6.45) is 1.11. The number of sulfonamides is 1. The summed E-state index contributed by atoms with van der Waals surface area (Å²) < 4.78 is 25.9. The molecule has 3 aromatic carbocycles. The van der Waals surface area contributed by atoms with E-state index >= 15 is 0 Å². The molecule has 168 valence electrons. The van der Waals surface area contributed by atoms with Crippen molar-refractivity contribution in [2.75, 3.05) is 22.4 Å². The van der Waals surface area contributed by atoms with E-state index in [9.17, 15) is 13.2 Å². The van der Waals surface area contributed by atoms with Gasteiger partial charge in [0.25, 0.3) is 0 Å². The van der Waals surface area contributed by atoms with Gasteiger partial charge in [-0.15, -0.1) is 11.8 Å². The van der Waals surface area contributed by atoms with Crippen molar-refractivity contribution < 1.29 is 13.2 Å². The fourth-order valence-electron chi connectivity index (χ4n) is 3.45. The van der Waals surface area contributed by atoms with Gasteiger partial charge in [0.05, 0.1) is 11.9 Å². The number of carbonyl (C=O) groups is 1. The van der Waals surface area contributed by atoms with E-state index < -0.39 is 10.0 Å². The monoisotopic (exact) mass is 468 g/mol. The lowest BCUT2D eigenvalue weighted by Gasteiger charge is -2.23. The highest BCUT2D eigenvalue weighted by Gasteiger charge is 2.21. The first kappa shape index (κ1) is 23.9. The summed E-state index contributed by atoms with van der Waals surface area (Å²) in [4.78, 5) is 13.9. The van der Waals surface area contributed by atoms with Crippen molar-refractivity contribution in [1.82, 2.24) is 0 Å². The van der Waals surface area contributed by atoms with Crippen LogP contribution < -0.4 is 9.62 Å². The molecular formula is C25H28N2O3S2. The maximum Gasteiger partial charge on any atom is 0.245 e. The van der Waals surface area contributed by atoms with Crippen LogP contribution in [0.15, 0.2) is 71.6 Å². The minimum Gasteiger partial charge on any atom is -0.324 e. The van der Waals surface area contributed by atoms with Crippen LogP contribution in [0.2, 0.25) is 0 Å². The number of hydrogen-bond donors (Lipinski definition) is 1. The Morgan fingerprint density at radius 2 is 1.59 bits per heavy atom. The molecule has 7 heteroatoms. The molecule has 3 aromatic rings. The summed E-state index contributed by atoms with van der Waals surface area (Å²) in [6, 6.07) is 21.6. The first-order chi connectivity index (χ1) is 15.1. The molecule has 0 fully saturated rings. The van der Waals surface area contributed by atoms with E-state index in [2.05, 4.69) is 17.4 Å². The zero-order valence-electron chi connectivity index (χ0n) is 18.8. The van der Waals surface area contributed by atoms with Crippen LogP contribution >= 0.6 is 11.8 Å². The van der Waals surface area contributed by atoms with Crippen molar-refractivity contribution >= 4 is 39.1 Å². The van der Waals surface area contributed by atoms with Gasteiger partial charge in [-0.25, -0.2) is 8.42 Å². The molecule has 0 bridgehead atoms. The van der Waals surface area contributed by atoms with Crippen molar-refractivity contribution in [2.45, 2.75) is 31.4 Å². The lowest BCUT2D eigenvalue weighted by Crippen LogP contribution is -2.37. The van der Waals surface area contributed by atoms with Crippen LogP contribution in [0.4, 0.5) is 11.4 Å². The van der Waals surface area contributed by atoms with Crippen LogP contribution in [0.5, 0.6) is 0 Å². The second-order valence-electron chi connectivity index (χ2n) is 7.91. The van der Waals surface area contributed by atoms with Gasteiger partial charge >= 0.3 is 0 Å². The Labute approximate surface area is 194 Å². The van der Waals surface area contributed by atoms with E-state index in [4.69, 9.17) is 0 Å². The standard InChI is InChI=1S/C25H28N2O3S2/c1-18-12-19(2)14-22(13-18)27(32(4,29)30)16-25(28)26-24-11-10-21(15-20(24)3)17-31-23-8-6-5-7-9-23/h5-15H,16-17H2,1-4H3,(H,26,28). The van der Waals surface area contributed by atoms with E-state index in [0.717, 1.165) is 38.6 Å². The Hall–Kier alpha value is -2.77. The number of amides is 1. The molecule has 0 atom stereocenters. The third-order valence-electron chi connectivity index (χ3n) is 4.90. The van der Waals surface area contributed by atoms with E-state index in [1.165, 1.54) is 4.90 Å². The number of aryl methyl sites for hydroxylation is 3. The first-order valence-electron chi connectivity index (χ1n) is 10.2. The molecule has 0 spiro atoms. The molecule has 32 heavy (non-hydrogen) atoms. The average molecular weight is 469 g/mol. The van der Waals surface area contributed by atoms with Crippen molar-refractivity contribution in [1.29, 1.82) is 0 Å². The molecule has 0 aliphatic carbocycles. The van der Waals surface area contributed by atoms with Crippen LogP contribution in [-0.4, -0.2) is 27.1 Å². The van der Waals surface area contributed by atoms with Gasteiger partial charge in [-0.05, 0) is 73.4 Å². The Balaban J connectivity index is 1.69. The van der Waals surface area contributed by atoms with Gasteiger partial charge in [-0.1, -0.05) is 36.4 Å². The number of anilines is 2. The van der Waals surface area contributed by atoms with E-state index in [1.807, 2.05) is 63.2 Å². The SMILES string of the molecule is Cc1cc(C)cc(N(CC(=O)Nc2ccc(CSc3ccccc3)cc2C)S(C)(=O)=O)c1. The lowest BCUT2D eigenvalue weighted by molar-refractivity contribution is -0.114. The van der Waals surface area contributed by atoms with Crippen LogP contribution in [0.25, 0.3) is 0 Å². The zero-order chi connectivity index (χ0) is 23.3. The highest BCUT2D eigenvalue weighted by atomic mass is 32.2. The fourth-order valence-corrected chi connectivity index (χ4v) is 5.16. The Kier molecular flexibility index (Phi) is 7.64. The summed E-state index contributed by atoms with van der Waals surface area (Å²) in [5.74, 6) is 0.442. The van der Waals surface area contributed by atoms with Gasteiger partial charge in [-0.2, -0.15) is 0 Å². The summed E-state index contributed by atoms with van der Waals surface area (Å²) in [7, 11) is -3.62. The van der Waals surface area contributed by atoms with Gasteiger partial charge < -0.3 is 5.32 Å². The number of rotatable bonds is 8. The summed E-state index contributed by atoms with van der Waals surface area (Å²) in [6.45, 7) is 5.45. The predicted octanol–water partition coefficient (Wildman–Crippen LogP) is 5.31. The Morgan fingerprint density at radius 1 is 0.938 bits per heavy atom. The summed E-state index contributed by atoms with van der Waals surface area (Å²) in [5.41, 5.74) is 5.13. The quantitative estimate of drug-likeness (QED) is 0.455. The number of hydrogen-bond acceptors (Lipinski definition) is 4. The van der Waals surface area contributed by atoms with Crippen molar-refractivity contribution in [3.8, 4) is 0 Å². The number of benzene rings is 3. The molecule has 0 unspecified atom stereocenters. The zero-order valence-corrected chi connectivity index (χ0v) is 20.4. The van der Waals surface area contributed by atoms with E-state index in [0.29, 0.717) is 11.4 Å². The highest BCUT2D eigenvalue weighted by molar-refractivity contribution is 7.98. The lowest BCUT2D eigenvalue weighted by atomic mass is 10.1. The third kappa shape index (κ3) is 6.61. The molecule has 0 saturated heterocycles. The Morgan fingerprint density at radius 3 is 2.19 bits per heavy atom. The third-order valence-corrected chi connectivity index (χ3v) is 7.12. The number of nitrogens with one attached hydrogen (secondary N) is 1. The van der Waals surface area contributed by atoms with Gasteiger partial charge in [0, 0.05) is 16.3 Å². The topological polar surface area (TPSA) is 66.5 Å². The maximum atomic E-state index is 12.7. The van der Waals surface area contributed by atoms with Gasteiger partial charge in [0.1, 0.15) is 6.54 Å². The normalized spacial score (nSPS) is 11.2. The second-order valence-corrected chi connectivity index (χ2v) is 10.9. The fraction of sp³-hybridized carbons (Fsp3) is 0.240. The minimum atomic E-state index is -3.62. The highest BCUT2D eigenvalue weighted by Crippen LogP contribution is 2.25. The number of nitrogens with zero attached hydrogens (tertiary/aromatic N) is 1. The predicted molar refractivity (Wildman–Crippen MR) is 134 cm³/mol.